The zero-order valence-corrected chi connectivity index (χ0v) is 10.8. The van der Waals surface area contributed by atoms with Crippen molar-refractivity contribution in [3.8, 4) is 5.75 Å². The van der Waals surface area contributed by atoms with Crippen molar-refractivity contribution in [2.75, 3.05) is 14.2 Å². The molecule has 0 radical (unpaired) electrons. The van der Waals surface area contributed by atoms with Gasteiger partial charge in [-0.25, -0.2) is 0 Å². The summed E-state index contributed by atoms with van der Waals surface area (Å²) in [5, 5.41) is 2.91. The highest BCUT2D eigenvalue weighted by Gasteiger charge is 2.17. The van der Waals surface area contributed by atoms with E-state index in [0.29, 0.717) is 5.92 Å². The first-order valence-corrected chi connectivity index (χ1v) is 5.65. The van der Waals surface area contributed by atoms with E-state index in [2.05, 4.69) is 19.2 Å². The van der Waals surface area contributed by atoms with Crippen molar-refractivity contribution in [1.82, 2.24) is 5.32 Å². The Kier molecular flexibility index (Phi) is 4.52. The van der Waals surface area contributed by atoms with Crippen molar-refractivity contribution >= 4 is 5.91 Å². The van der Waals surface area contributed by atoms with Gasteiger partial charge in [-0.15, -0.1) is 0 Å². The smallest absolute Gasteiger partial charge is 0.239 e. The van der Waals surface area contributed by atoms with Crippen LogP contribution in [0.1, 0.15) is 36.9 Å². The van der Waals surface area contributed by atoms with E-state index in [1.807, 2.05) is 18.2 Å². The van der Waals surface area contributed by atoms with Gasteiger partial charge < -0.3 is 15.8 Å². The van der Waals surface area contributed by atoms with Gasteiger partial charge in [0.25, 0.3) is 0 Å². The molecular weight excluding hydrogens is 216 g/mol. The van der Waals surface area contributed by atoms with Crippen molar-refractivity contribution in [1.29, 1.82) is 0 Å². The fourth-order valence-corrected chi connectivity index (χ4v) is 1.86. The van der Waals surface area contributed by atoms with Gasteiger partial charge in [0, 0.05) is 0 Å². The molecule has 0 spiro atoms. The molecule has 1 aromatic carbocycles. The summed E-state index contributed by atoms with van der Waals surface area (Å²) in [5.41, 5.74) is 7.28. The van der Waals surface area contributed by atoms with Gasteiger partial charge in [-0.1, -0.05) is 19.9 Å². The van der Waals surface area contributed by atoms with Crippen molar-refractivity contribution in [3.05, 3.63) is 29.3 Å². The van der Waals surface area contributed by atoms with E-state index in [9.17, 15) is 4.79 Å². The number of methoxy groups -OCH3 is 1. The predicted octanol–water partition coefficient (Wildman–Crippen LogP) is 1.56. The molecule has 0 bridgehead atoms. The van der Waals surface area contributed by atoms with Crippen LogP contribution in [0.15, 0.2) is 18.2 Å². The summed E-state index contributed by atoms with van der Waals surface area (Å²) in [7, 11) is 3.36. The van der Waals surface area contributed by atoms with E-state index in [1.54, 1.807) is 14.2 Å². The molecule has 1 atom stereocenters. The van der Waals surface area contributed by atoms with Crippen LogP contribution in [0.25, 0.3) is 0 Å². The molecular formula is C13H20N2O2. The van der Waals surface area contributed by atoms with Crippen LogP contribution < -0.4 is 15.8 Å². The van der Waals surface area contributed by atoms with Crippen LogP contribution in [0.4, 0.5) is 0 Å². The van der Waals surface area contributed by atoms with Crippen molar-refractivity contribution < 1.29 is 9.53 Å². The van der Waals surface area contributed by atoms with E-state index in [-0.39, 0.29) is 5.91 Å². The van der Waals surface area contributed by atoms with Crippen LogP contribution in [0.2, 0.25) is 0 Å². The van der Waals surface area contributed by atoms with Crippen LogP contribution in [-0.2, 0) is 4.79 Å². The Bertz CT molecular complexity index is 402. The molecule has 0 fully saturated rings. The third kappa shape index (κ3) is 2.97. The number of nitrogens with two attached hydrogens (primary N) is 1. The molecule has 0 saturated heterocycles. The number of benzene rings is 1. The van der Waals surface area contributed by atoms with E-state index in [4.69, 9.17) is 10.5 Å². The fraction of sp³-hybridized carbons (Fsp3) is 0.462. The lowest BCUT2D eigenvalue weighted by molar-refractivity contribution is -0.120. The summed E-state index contributed by atoms with van der Waals surface area (Å²) in [6.07, 6.45) is 0. The summed E-state index contributed by atoms with van der Waals surface area (Å²) in [4.78, 5) is 11.3. The number of carbonyl (C=O) groups excluding carboxylic acids is 1. The number of nitrogens with one attached hydrogen (secondary N) is 1. The van der Waals surface area contributed by atoms with Crippen molar-refractivity contribution in [3.63, 3.8) is 0 Å². The zero-order chi connectivity index (χ0) is 13.0. The maximum atomic E-state index is 11.3. The Balaban J connectivity index is 3.19. The Morgan fingerprint density at radius 2 is 2.06 bits per heavy atom. The van der Waals surface area contributed by atoms with Crippen molar-refractivity contribution in [2.45, 2.75) is 25.8 Å². The first-order valence-electron chi connectivity index (χ1n) is 5.65. The first kappa shape index (κ1) is 13.5. The maximum Gasteiger partial charge on any atom is 0.239 e. The minimum Gasteiger partial charge on any atom is -0.496 e. The number of carbonyl (C=O) groups is 1. The molecule has 0 aliphatic rings. The third-order valence-electron chi connectivity index (χ3n) is 2.78. The second-order valence-corrected chi connectivity index (χ2v) is 4.28. The Labute approximate surface area is 102 Å². The topological polar surface area (TPSA) is 64.3 Å². The SMILES string of the molecule is CNC(C(N)=O)c1ccc(OC)c(C(C)C)c1. The standard InChI is InChI=1S/C13H20N2O2/c1-8(2)10-7-9(5-6-11(10)17-4)12(15-3)13(14)16/h5-8,12,15H,1-4H3,(H2,14,16). The van der Waals surface area contributed by atoms with E-state index >= 15 is 0 Å². The lowest BCUT2D eigenvalue weighted by Gasteiger charge is -2.17. The summed E-state index contributed by atoms with van der Waals surface area (Å²) < 4.78 is 5.30. The number of ether oxygens (including phenoxy) is 1. The summed E-state index contributed by atoms with van der Waals surface area (Å²) in [6.45, 7) is 4.17. The van der Waals surface area contributed by atoms with Gasteiger partial charge >= 0.3 is 0 Å². The number of primary amides is 1. The molecule has 0 aromatic heterocycles. The minimum absolute atomic E-state index is 0.329. The Hall–Kier alpha value is -1.55. The summed E-state index contributed by atoms with van der Waals surface area (Å²) in [5.74, 6) is 0.783. The van der Waals surface area contributed by atoms with Gasteiger partial charge in [0.2, 0.25) is 5.91 Å². The zero-order valence-electron chi connectivity index (χ0n) is 10.8. The quantitative estimate of drug-likeness (QED) is 0.815. The largest absolute Gasteiger partial charge is 0.496 e. The molecule has 1 aromatic rings. The van der Waals surface area contributed by atoms with Gasteiger partial charge in [-0.3, -0.25) is 4.79 Å². The summed E-state index contributed by atoms with van der Waals surface area (Å²) in [6, 6.07) is 5.24. The average Bonchev–Trinajstić information content (AvgIpc) is 2.29. The normalized spacial score (nSPS) is 12.5. The number of hydrogen-bond acceptors (Lipinski definition) is 3. The van der Waals surface area contributed by atoms with Gasteiger partial charge in [-0.05, 0) is 36.2 Å². The molecule has 0 heterocycles. The maximum absolute atomic E-state index is 11.3. The second-order valence-electron chi connectivity index (χ2n) is 4.28. The van der Waals surface area contributed by atoms with E-state index in [0.717, 1.165) is 16.9 Å². The van der Waals surface area contributed by atoms with Gasteiger partial charge in [-0.2, -0.15) is 0 Å². The lowest BCUT2D eigenvalue weighted by Crippen LogP contribution is -2.31. The Morgan fingerprint density at radius 3 is 2.47 bits per heavy atom. The number of rotatable bonds is 5. The molecule has 0 aliphatic carbocycles. The average molecular weight is 236 g/mol. The molecule has 1 amide bonds. The predicted molar refractivity (Wildman–Crippen MR) is 68.1 cm³/mol. The molecule has 1 rings (SSSR count). The first-order chi connectivity index (χ1) is 8.01. The van der Waals surface area contributed by atoms with Crippen molar-refractivity contribution in [2.24, 2.45) is 5.73 Å². The molecule has 94 valence electrons. The van der Waals surface area contributed by atoms with Gasteiger partial charge in [0.05, 0.1) is 7.11 Å². The van der Waals surface area contributed by atoms with Crippen LogP contribution in [0.3, 0.4) is 0 Å². The molecule has 3 N–H and O–H groups in total. The lowest BCUT2D eigenvalue weighted by atomic mass is 9.96. The fourth-order valence-electron chi connectivity index (χ4n) is 1.86. The van der Waals surface area contributed by atoms with E-state index in [1.165, 1.54) is 0 Å². The molecule has 17 heavy (non-hydrogen) atoms. The van der Waals surface area contributed by atoms with Crippen LogP contribution >= 0.6 is 0 Å². The third-order valence-corrected chi connectivity index (χ3v) is 2.78. The highest BCUT2D eigenvalue weighted by molar-refractivity contribution is 5.81. The van der Waals surface area contributed by atoms with Crippen LogP contribution in [0, 0.1) is 0 Å². The molecule has 4 nitrogen and oxygen atoms in total. The number of likely N-dealkylation sites (N-methyl/N-ethyl adjacent to an activating group) is 1. The minimum atomic E-state index is -0.460. The molecule has 0 saturated carbocycles. The summed E-state index contributed by atoms with van der Waals surface area (Å²) >= 11 is 0. The molecule has 1 unspecified atom stereocenters. The molecule has 0 aliphatic heterocycles. The molecule has 4 heteroatoms. The van der Waals surface area contributed by atoms with Gasteiger partial charge in [0.15, 0.2) is 0 Å². The van der Waals surface area contributed by atoms with Crippen LogP contribution in [0.5, 0.6) is 5.75 Å². The van der Waals surface area contributed by atoms with Crippen LogP contribution in [-0.4, -0.2) is 20.1 Å². The Morgan fingerprint density at radius 1 is 1.41 bits per heavy atom. The second kappa shape index (κ2) is 5.68. The van der Waals surface area contributed by atoms with E-state index < -0.39 is 6.04 Å². The highest BCUT2D eigenvalue weighted by atomic mass is 16.5. The highest BCUT2D eigenvalue weighted by Crippen LogP contribution is 2.29. The monoisotopic (exact) mass is 236 g/mol. The van der Waals surface area contributed by atoms with Gasteiger partial charge in [0.1, 0.15) is 11.8 Å². The number of amides is 1. The number of hydrogen-bond donors (Lipinski definition) is 2.